The fraction of sp³-hybridized carbons (Fsp3) is 0.207. The molecule has 0 spiro atoms. The Morgan fingerprint density at radius 1 is 0.921 bits per heavy atom. The number of ether oxygens (including phenoxy) is 1. The quantitative estimate of drug-likeness (QED) is 0.211. The molecular weight excluding hydrogens is 495 g/mol. The smallest absolute Gasteiger partial charge is 0.416 e. The second kappa shape index (κ2) is 10.5. The van der Waals surface area contributed by atoms with Gasteiger partial charge in [0, 0.05) is 34.5 Å². The Labute approximate surface area is 218 Å². The highest BCUT2D eigenvalue weighted by molar-refractivity contribution is 6.01. The number of halogens is 3. The summed E-state index contributed by atoms with van der Waals surface area (Å²) in [5, 5.41) is 2.73. The van der Waals surface area contributed by atoms with Crippen LogP contribution in [-0.4, -0.2) is 27.9 Å². The van der Waals surface area contributed by atoms with Gasteiger partial charge in [-0.25, -0.2) is 9.78 Å². The van der Waals surface area contributed by atoms with E-state index in [1.165, 1.54) is 30.5 Å². The number of alkyl halides is 3. The van der Waals surface area contributed by atoms with Crippen LogP contribution >= 0.6 is 0 Å². The number of hydrogen-bond donors (Lipinski definition) is 1. The Bertz CT molecular complexity index is 1520. The third-order valence-electron chi connectivity index (χ3n) is 6.29. The first-order valence-corrected chi connectivity index (χ1v) is 11.8. The molecule has 6 nitrogen and oxygen atoms in total. The number of ketones is 1. The molecule has 0 saturated heterocycles. The number of nitrogens with zero attached hydrogens (tertiary/aromatic N) is 2. The van der Waals surface area contributed by atoms with Crippen molar-refractivity contribution in [2.75, 3.05) is 11.9 Å². The fourth-order valence-corrected chi connectivity index (χ4v) is 4.17. The minimum Gasteiger partial charge on any atom is -0.454 e. The first-order chi connectivity index (χ1) is 18.0. The number of rotatable bonds is 7. The van der Waals surface area contributed by atoms with Gasteiger partial charge in [0.15, 0.2) is 6.61 Å². The minimum atomic E-state index is -4.52. The van der Waals surface area contributed by atoms with Crippen LogP contribution in [0.15, 0.2) is 66.9 Å². The third kappa shape index (κ3) is 5.61. The van der Waals surface area contributed by atoms with E-state index in [4.69, 9.17) is 4.74 Å². The maximum Gasteiger partial charge on any atom is 0.416 e. The van der Waals surface area contributed by atoms with E-state index in [9.17, 15) is 22.8 Å². The SMILES string of the molecule is Cc1ccc(-n2c(C)cc(C(=O)COC(=O)c3cccnc3Nc3cccc(C(F)(F)F)c3)c2C)cc1C. The van der Waals surface area contributed by atoms with Crippen LogP contribution in [0.5, 0.6) is 0 Å². The number of aryl methyl sites for hydroxylation is 3. The molecule has 4 rings (SSSR count). The molecule has 0 amide bonds. The second-order valence-electron chi connectivity index (χ2n) is 8.99. The lowest BCUT2D eigenvalue weighted by atomic mass is 10.1. The highest BCUT2D eigenvalue weighted by atomic mass is 19.4. The summed E-state index contributed by atoms with van der Waals surface area (Å²) in [6.07, 6.45) is -3.13. The van der Waals surface area contributed by atoms with Crippen molar-refractivity contribution in [3.05, 3.63) is 106 Å². The molecule has 0 unspecified atom stereocenters. The van der Waals surface area contributed by atoms with Gasteiger partial charge in [0.2, 0.25) is 5.78 Å². The van der Waals surface area contributed by atoms with Gasteiger partial charge < -0.3 is 14.6 Å². The molecule has 9 heteroatoms. The number of esters is 1. The zero-order valence-corrected chi connectivity index (χ0v) is 21.3. The molecule has 0 aliphatic carbocycles. The minimum absolute atomic E-state index is 0.0113. The Kier molecular flexibility index (Phi) is 7.39. The average Bonchev–Trinajstić information content (AvgIpc) is 3.17. The van der Waals surface area contributed by atoms with Crippen molar-refractivity contribution < 1.29 is 27.5 Å². The molecule has 38 heavy (non-hydrogen) atoms. The van der Waals surface area contributed by atoms with Crippen molar-refractivity contribution >= 4 is 23.3 Å². The van der Waals surface area contributed by atoms with Gasteiger partial charge >= 0.3 is 12.1 Å². The number of hydrogen-bond acceptors (Lipinski definition) is 5. The van der Waals surface area contributed by atoms with Gasteiger partial charge in [0.1, 0.15) is 11.4 Å². The summed E-state index contributed by atoms with van der Waals surface area (Å²) >= 11 is 0. The summed E-state index contributed by atoms with van der Waals surface area (Å²) in [5.41, 5.74) is 4.48. The molecule has 2 aromatic heterocycles. The second-order valence-corrected chi connectivity index (χ2v) is 8.99. The summed E-state index contributed by atoms with van der Waals surface area (Å²) in [6, 6.07) is 15.3. The van der Waals surface area contributed by atoms with Crippen LogP contribution in [0.2, 0.25) is 0 Å². The van der Waals surface area contributed by atoms with E-state index < -0.39 is 24.3 Å². The fourth-order valence-electron chi connectivity index (χ4n) is 4.17. The van der Waals surface area contributed by atoms with Crippen LogP contribution in [0.3, 0.4) is 0 Å². The molecule has 0 fully saturated rings. The largest absolute Gasteiger partial charge is 0.454 e. The van der Waals surface area contributed by atoms with Crippen LogP contribution in [0, 0.1) is 27.7 Å². The van der Waals surface area contributed by atoms with E-state index in [-0.39, 0.29) is 22.9 Å². The van der Waals surface area contributed by atoms with Gasteiger partial charge in [-0.3, -0.25) is 4.79 Å². The normalized spacial score (nSPS) is 11.3. The Hall–Kier alpha value is -4.40. The van der Waals surface area contributed by atoms with Gasteiger partial charge in [-0.2, -0.15) is 13.2 Å². The van der Waals surface area contributed by atoms with E-state index in [0.717, 1.165) is 40.3 Å². The number of anilines is 2. The molecule has 0 atom stereocenters. The molecule has 0 aliphatic rings. The molecule has 0 radical (unpaired) electrons. The molecule has 0 saturated carbocycles. The maximum absolute atomic E-state index is 13.1. The first-order valence-electron chi connectivity index (χ1n) is 11.8. The number of nitrogens with one attached hydrogen (secondary N) is 1. The lowest BCUT2D eigenvalue weighted by molar-refractivity contribution is -0.137. The van der Waals surface area contributed by atoms with Gasteiger partial charge in [-0.15, -0.1) is 0 Å². The van der Waals surface area contributed by atoms with Crippen LogP contribution in [0.4, 0.5) is 24.7 Å². The van der Waals surface area contributed by atoms with Gasteiger partial charge in [-0.1, -0.05) is 12.1 Å². The van der Waals surface area contributed by atoms with Crippen LogP contribution in [-0.2, 0) is 10.9 Å². The summed E-state index contributed by atoms with van der Waals surface area (Å²) < 4.78 is 46.5. The van der Waals surface area contributed by atoms with E-state index in [0.29, 0.717) is 5.56 Å². The van der Waals surface area contributed by atoms with Crippen LogP contribution in [0.25, 0.3) is 5.69 Å². The molecule has 2 aromatic carbocycles. The molecule has 0 aliphatic heterocycles. The van der Waals surface area contributed by atoms with Crippen LogP contribution < -0.4 is 5.32 Å². The Morgan fingerprint density at radius 2 is 1.68 bits per heavy atom. The van der Waals surface area contributed by atoms with Crippen molar-refractivity contribution in [3.8, 4) is 5.69 Å². The number of Topliss-reactive ketones (excluding diaryl/α,β-unsaturated/α-hetero) is 1. The Balaban J connectivity index is 1.50. The number of carbonyl (C=O) groups is 2. The Morgan fingerprint density at radius 3 is 2.39 bits per heavy atom. The third-order valence-corrected chi connectivity index (χ3v) is 6.29. The van der Waals surface area contributed by atoms with Crippen molar-refractivity contribution in [1.82, 2.24) is 9.55 Å². The summed E-state index contributed by atoms with van der Waals surface area (Å²) in [4.78, 5) is 29.9. The van der Waals surface area contributed by atoms with Crippen molar-refractivity contribution in [1.29, 1.82) is 0 Å². The monoisotopic (exact) mass is 521 g/mol. The van der Waals surface area contributed by atoms with E-state index in [1.807, 2.05) is 50.5 Å². The number of carbonyl (C=O) groups excluding carboxylic acids is 2. The molecule has 2 heterocycles. The number of benzene rings is 2. The topological polar surface area (TPSA) is 73.2 Å². The highest BCUT2D eigenvalue weighted by Crippen LogP contribution is 2.31. The highest BCUT2D eigenvalue weighted by Gasteiger charge is 2.30. The van der Waals surface area contributed by atoms with Gasteiger partial charge in [-0.05, 0) is 87.4 Å². The molecule has 196 valence electrons. The van der Waals surface area contributed by atoms with Crippen molar-refractivity contribution in [2.24, 2.45) is 0 Å². The molecule has 1 N–H and O–H groups in total. The lowest BCUT2D eigenvalue weighted by Crippen LogP contribution is -2.16. The lowest BCUT2D eigenvalue weighted by Gasteiger charge is -2.13. The predicted molar refractivity (Wildman–Crippen MR) is 138 cm³/mol. The van der Waals surface area contributed by atoms with Crippen molar-refractivity contribution in [3.63, 3.8) is 0 Å². The zero-order chi connectivity index (χ0) is 27.6. The first kappa shape index (κ1) is 26.7. The van der Waals surface area contributed by atoms with Crippen LogP contribution in [0.1, 0.15) is 48.8 Å². The predicted octanol–water partition coefficient (Wildman–Crippen LogP) is 6.91. The molecular formula is C29H26F3N3O3. The van der Waals surface area contributed by atoms with Crippen molar-refractivity contribution in [2.45, 2.75) is 33.9 Å². The number of aromatic nitrogens is 2. The van der Waals surface area contributed by atoms with E-state index >= 15 is 0 Å². The van der Waals surface area contributed by atoms with Gasteiger partial charge in [0.05, 0.1) is 5.56 Å². The van der Waals surface area contributed by atoms with E-state index in [2.05, 4.69) is 10.3 Å². The standard InChI is InChI=1S/C29H26F3N3O3/c1-17-10-11-23(13-18(17)2)35-19(3)14-25(20(35)4)26(36)16-38-28(37)24-9-6-12-33-27(24)34-22-8-5-7-21(15-22)29(30,31)32/h5-15H,16H2,1-4H3,(H,33,34). The molecule has 0 bridgehead atoms. The van der Waals surface area contributed by atoms with Gasteiger partial charge in [0.25, 0.3) is 0 Å². The van der Waals surface area contributed by atoms with E-state index in [1.54, 1.807) is 6.07 Å². The summed E-state index contributed by atoms with van der Waals surface area (Å²) in [5.74, 6) is -1.20. The maximum atomic E-state index is 13.1. The zero-order valence-electron chi connectivity index (χ0n) is 21.3. The summed E-state index contributed by atoms with van der Waals surface area (Å²) in [6.45, 7) is 7.27. The number of pyridine rings is 1. The average molecular weight is 522 g/mol. The molecule has 4 aromatic rings. The summed E-state index contributed by atoms with van der Waals surface area (Å²) in [7, 11) is 0.